The van der Waals surface area contributed by atoms with Gasteiger partial charge in [-0.15, -0.1) is 0 Å². The van der Waals surface area contributed by atoms with Crippen LogP contribution < -0.4 is 5.32 Å². The molecule has 22 heavy (non-hydrogen) atoms. The minimum absolute atomic E-state index is 0.237. The Morgan fingerprint density at radius 3 is 2.86 bits per heavy atom. The minimum atomic E-state index is -3.69. The molecule has 7 heteroatoms. The molecule has 3 heterocycles. The Hall–Kier alpha value is -2.67. The van der Waals surface area contributed by atoms with E-state index in [9.17, 15) is 8.42 Å². The molecular formula is C15H11N4O2S. The molecule has 1 radical (unpaired) electrons. The summed E-state index contributed by atoms with van der Waals surface area (Å²) in [4.78, 5) is 8.55. The van der Waals surface area contributed by atoms with Crippen LogP contribution in [0, 0.1) is 6.92 Å². The van der Waals surface area contributed by atoms with Crippen LogP contribution in [-0.2, 0) is 10.0 Å². The molecule has 0 fully saturated rings. The van der Waals surface area contributed by atoms with Gasteiger partial charge in [0.2, 0.25) is 0 Å². The Balaban J connectivity index is 1.95. The van der Waals surface area contributed by atoms with Gasteiger partial charge in [-0.25, -0.2) is 27.7 Å². The van der Waals surface area contributed by atoms with Crippen LogP contribution in [0.4, 0.5) is 11.4 Å². The van der Waals surface area contributed by atoms with Gasteiger partial charge in [0.1, 0.15) is 17.7 Å². The molecule has 3 aromatic rings. The van der Waals surface area contributed by atoms with E-state index in [1.165, 1.54) is 22.7 Å². The average molecular weight is 311 g/mol. The fourth-order valence-corrected chi connectivity index (χ4v) is 3.91. The van der Waals surface area contributed by atoms with Crippen molar-refractivity contribution in [3.05, 3.63) is 48.3 Å². The maximum atomic E-state index is 12.8. The lowest BCUT2D eigenvalue weighted by molar-refractivity contribution is 0.588. The Morgan fingerprint density at radius 1 is 1.18 bits per heavy atom. The monoisotopic (exact) mass is 311 g/mol. The first kappa shape index (κ1) is 13.0. The zero-order valence-corrected chi connectivity index (χ0v) is 12.4. The Bertz CT molecular complexity index is 1030. The highest BCUT2D eigenvalue weighted by Gasteiger charge is 2.23. The van der Waals surface area contributed by atoms with E-state index in [0.717, 1.165) is 5.56 Å². The number of hydrogen-bond donors (Lipinski definition) is 0. The second-order valence-electron chi connectivity index (χ2n) is 5.04. The lowest BCUT2D eigenvalue weighted by atomic mass is 10.2. The highest BCUT2D eigenvalue weighted by atomic mass is 32.2. The SMILES string of the molecule is Cc1cccc(S(=O)(=O)n2ccc3c4c(cnc32)N=C[N]4)c1. The van der Waals surface area contributed by atoms with Crippen molar-refractivity contribution in [2.45, 2.75) is 11.8 Å². The predicted molar refractivity (Wildman–Crippen MR) is 83.4 cm³/mol. The standard InChI is InChI=1S/C15H11N4O2S/c1-10-3-2-4-11(7-10)22(20,21)19-6-5-12-14-13(17-9-18-14)8-16-15(12)19/h2-9H,1H3. The van der Waals surface area contributed by atoms with Crippen molar-refractivity contribution < 1.29 is 8.42 Å². The summed E-state index contributed by atoms with van der Waals surface area (Å²) in [5.74, 6) is 0. The second kappa shape index (κ2) is 4.41. The first-order chi connectivity index (χ1) is 10.6. The third-order valence-corrected chi connectivity index (χ3v) is 5.23. The van der Waals surface area contributed by atoms with Gasteiger partial charge in [0.15, 0.2) is 5.65 Å². The number of pyridine rings is 1. The zero-order valence-electron chi connectivity index (χ0n) is 11.6. The van der Waals surface area contributed by atoms with Gasteiger partial charge in [-0.2, -0.15) is 0 Å². The van der Waals surface area contributed by atoms with Crippen molar-refractivity contribution >= 4 is 38.8 Å². The minimum Gasteiger partial charge on any atom is -0.235 e. The van der Waals surface area contributed by atoms with Crippen molar-refractivity contribution in [1.29, 1.82) is 0 Å². The van der Waals surface area contributed by atoms with Crippen LogP contribution in [0.1, 0.15) is 5.56 Å². The predicted octanol–water partition coefficient (Wildman–Crippen LogP) is 2.49. The Morgan fingerprint density at radius 2 is 2.05 bits per heavy atom. The number of hydrogen-bond acceptors (Lipinski definition) is 4. The summed E-state index contributed by atoms with van der Waals surface area (Å²) < 4.78 is 26.8. The van der Waals surface area contributed by atoms with Crippen molar-refractivity contribution in [1.82, 2.24) is 14.3 Å². The molecule has 4 rings (SSSR count). The number of aryl methyl sites for hydroxylation is 1. The lowest BCUT2D eigenvalue weighted by Crippen LogP contribution is -2.12. The van der Waals surface area contributed by atoms with E-state index in [2.05, 4.69) is 15.3 Å². The van der Waals surface area contributed by atoms with E-state index < -0.39 is 10.0 Å². The highest BCUT2D eigenvalue weighted by Crippen LogP contribution is 2.35. The van der Waals surface area contributed by atoms with E-state index in [4.69, 9.17) is 0 Å². The molecule has 2 aromatic heterocycles. The van der Waals surface area contributed by atoms with E-state index in [0.29, 0.717) is 22.4 Å². The highest BCUT2D eigenvalue weighted by molar-refractivity contribution is 7.90. The maximum Gasteiger partial charge on any atom is 0.269 e. The molecule has 0 atom stereocenters. The summed E-state index contributed by atoms with van der Waals surface area (Å²) in [6, 6.07) is 8.50. The number of fused-ring (bicyclic) bond motifs is 3. The molecule has 0 bridgehead atoms. The van der Waals surface area contributed by atoms with Gasteiger partial charge >= 0.3 is 0 Å². The van der Waals surface area contributed by atoms with Crippen molar-refractivity contribution in [2.75, 3.05) is 0 Å². The molecule has 1 aliphatic rings. The van der Waals surface area contributed by atoms with Crippen LogP contribution in [0.3, 0.4) is 0 Å². The van der Waals surface area contributed by atoms with Gasteiger partial charge in [-0.3, -0.25) is 0 Å². The first-order valence-electron chi connectivity index (χ1n) is 6.63. The number of benzene rings is 1. The topological polar surface area (TPSA) is 78.4 Å². The van der Waals surface area contributed by atoms with Crippen LogP contribution in [-0.4, -0.2) is 23.7 Å². The molecule has 0 N–H and O–H groups in total. The smallest absolute Gasteiger partial charge is 0.235 e. The lowest BCUT2D eigenvalue weighted by Gasteiger charge is -2.08. The largest absolute Gasteiger partial charge is 0.269 e. The van der Waals surface area contributed by atoms with Crippen LogP contribution in [0.15, 0.2) is 52.6 Å². The molecule has 0 unspecified atom stereocenters. The maximum absolute atomic E-state index is 12.8. The molecule has 109 valence electrons. The fourth-order valence-electron chi connectivity index (χ4n) is 2.50. The summed E-state index contributed by atoms with van der Waals surface area (Å²) in [6.45, 7) is 1.86. The molecule has 0 saturated carbocycles. The van der Waals surface area contributed by atoms with E-state index in [-0.39, 0.29) is 4.90 Å². The Labute approximate surface area is 127 Å². The van der Waals surface area contributed by atoms with Crippen LogP contribution >= 0.6 is 0 Å². The second-order valence-corrected chi connectivity index (χ2v) is 6.85. The molecular weight excluding hydrogens is 300 g/mol. The van der Waals surface area contributed by atoms with Gasteiger partial charge in [-0.05, 0) is 30.7 Å². The summed E-state index contributed by atoms with van der Waals surface area (Å²) in [7, 11) is -3.69. The quantitative estimate of drug-likeness (QED) is 0.729. The van der Waals surface area contributed by atoms with Crippen LogP contribution in [0.25, 0.3) is 11.0 Å². The van der Waals surface area contributed by atoms with Crippen molar-refractivity contribution in [2.24, 2.45) is 4.99 Å². The van der Waals surface area contributed by atoms with Gasteiger partial charge in [-0.1, -0.05) is 12.1 Å². The number of nitrogens with zero attached hydrogens (tertiary/aromatic N) is 4. The average Bonchev–Trinajstić information content (AvgIpc) is 3.13. The van der Waals surface area contributed by atoms with Crippen LogP contribution in [0.5, 0.6) is 0 Å². The van der Waals surface area contributed by atoms with Gasteiger partial charge < -0.3 is 0 Å². The zero-order chi connectivity index (χ0) is 15.3. The summed E-state index contributed by atoms with van der Waals surface area (Å²) in [6.07, 6.45) is 4.48. The molecule has 1 aromatic carbocycles. The Kier molecular flexibility index (Phi) is 2.61. The van der Waals surface area contributed by atoms with Crippen molar-refractivity contribution in [3.63, 3.8) is 0 Å². The molecule has 0 aliphatic carbocycles. The van der Waals surface area contributed by atoms with E-state index >= 15 is 0 Å². The number of rotatable bonds is 2. The third-order valence-electron chi connectivity index (χ3n) is 3.56. The van der Waals surface area contributed by atoms with Gasteiger partial charge in [0, 0.05) is 11.6 Å². The van der Waals surface area contributed by atoms with Crippen LogP contribution in [0.2, 0.25) is 0 Å². The third kappa shape index (κ3) is 1.75. The molecule has 0 saturated heterocycles. The molecule has 0 spiro atoms. The normalized spacial score (nSPS) is 13.3. The molecule has 1 aliphatic heterocycles. The van der Waals surface area contributed by atoms with E-state index in [1.807, 2.05) is 13.0 Å². The summed E-state index contributed by atoms with van der Waals surface area (Å²) in [5, 5.41) is 4.84. The molecule has 6 nitrogen and oxygen atoms in total. The summed E-state index contributed by atoms with van der Waals surface area (Å²) in [5.41, 5.74) is 2.55. The fraction of sp³-hybridized carbons (Fsp3) is 0.0667. The number of aliphatic imine (C=N–C) groups is 1. The van der Waals surface area contributed by atoms with Crippen molar-refractivity contribution in [3.8, 4) is 0 Å². The summed E-state index contributed by atoms with van der Waals surface area (Å²) >= 11 is 0. The van der Waals surface area contributed by atoms with Gasteiger partial charge in [0.25, 0.3) is 10.0 Å². The number of aromatic nitrogens is 2. The molecule has 0 amide bonds. The first-order valence-corrected chi connectivity index (χ1v) is 8.07. The van der Waals surface area contributed by atoms with E-state index in [1.54, 1.807) is 24.3 Å². The van der Waals surface area contributed by atoms with Gasteiger partial charge in [0.05, 0.1) is 11.1 Å².